The molecular formula is C8H15NO2. The molecule has 0 bridgehead atoms. The van der Waals surface area contributed by atoms with Crippen LogP contribution in [0.25, 0.3) is 0 Å². The lowest BCUT2D eigenvalue weighted by Crippen LogP contribution is -2.33. The van der Waals surface area contributed by atoms with Crippen molar-refractivity contribution in [1.29, 1.82) is 0 Å². The van der Waals surface area contributed by atoms with Gasteiger partial charge in [0, 0.05) is 0 Å². The Balaban J connectivity index is 1.59. The fourth-order valence-electron chi connectivity index (χ4n) is 1.37. The van der Waals surface area contributed by atoms with Crippen LogP contribution in [0.15, 0.2) is 0 Å². The quantitative estimate of drug-likeness (QED) is 0.592. The predicted molar refractivity (Wildman–Crippen MR) is 41.6 cm³/mol. The molecule has 0 saturated carbocycles. The molecule has 0 aliphatic carbocycles. The van der Waals surface area contributed by atoms with E-state index in [0.717, 1.165) is 39.1 Å². The topological polar surface area (TPSA) is 33.8 Å². The SMILES string of the molecule is C1CC(OCC2CO2)CCN1. The van der Waals surface area contributed by atoms with Gasteiger partial charge >= 0.3 is 0 Å². The molecular weight excluding hydrogens is 142 g/mol. The first-order valence-electron chi connectivity index (χ1n) is 4.39. The summed E-state index contributed by atoms with van der Waals surface area (Å²) < 4.78 is 10.7. The molecule has 11 heavy (non-hydrogen) atoms. The molecule has 2 rings (SSSR count). The van der Waals surface area contributed by atoms with Crippen molar-refractivity contribution < 1.29 is 9.47 Å². The lowest BCUT2D eigenvalue weighted by molar-refractivity contribution is 0.0241. The van der Waals surface area contributed by atoms with Crippen molar-refractivity contribution in [3.05, 3.63) is 0 Å². The van der Waals surface area contributed by atoms with E-state index in [1.54, 1.807) is 0 Å². The van der Waals surface area contributed by atoms with E-state index < -0.39 is 0 Å². The van der Waals surface area contributed by atoms with Gasteiger partial charge in [0.2, 0.25) is 0 Å². The van der Waals surface area contributed by atoms with Crippen LogP contribution in [0.2, 0.25) is 0 Å². The second-order valence-electron chi connectivity index (χ2n) is 3.24. The van der Waals surface area contributed by atoms with Crippen LogP contribution in [-0.4, -0.2) is 38.5 Å². The highest BCUT2D eigenvalue weighted by Gasteiger charge is 2.24. The van der Waals surface area contributed by atoms with E-state index >= 15 is 0 Å². The zero-order chi connectivity index (χ0) is 7.52. The summed E-state index contributed by atoms with van der Waals surface area (Å²) in [6.07, 6.45) is 3.23. The van der Waals surface area contributed by atoms with E-state index in [1.807, 2.05) is 0 Å². The Kier molecular flexibility index (Phi) is 2.41. The summed E-state index contributed by atoms with van der Waals surface area (Å²) in [6.45, 7) is 3.93. The van der Waals surface area contributed by atoms with Gasteiger partial charge in [-0.05, 0) is 25.9 Å². The van der Waals surface area contributed by atoms with Crippen LogP contribution in [0.1, 0.15) is 12.8 Å². The molecule has 2 fully saturated rings. The third kappa shape index (κ3) is 2.43. The summed E-state index contributed by atoms with van der Waals surface area (Å²) in [7, 11) is 0. The highest BCUT2D eigenvalue weighted by molar-refractivity contribution is 4.72. The van der Waals surface area contributed by atoms with Crippen LogP contribution in [0.4, 0.5) is 0 Å². The van der Waals surface area contributed by atoms with E-state index in [2.05, 4.69) is 5.32 Å². The van der Waals surface area contributed by atoms with E-state index in [9.17, 15) is 0 Å². The maximum atomic E-state index is 5.64. The smallest absolute Gasteiger partial charge is 0.104 e. The minimum atomic E-state index is 0.421. The Bertz CT molecular complexity index is 119. The number of nitrogens with one attached hydrogen (secondary N) is 1. The monoisotopic (exact) mass is 157 g/mol. The summed E-state index contributed by atoms with van der Waals surface area (Å²) in [5.74, 6) is 0. The van der Waals surface area contributed by atoms with Crippen molar-refractivity contribution in [2.24, 2.45) is 0 Å². The third-order valence-electron chi connectivity index (χ3n) is 2.21. The van der Waals surface area contributed by atoms with Crippen molar-refractivity contribution in [2.75, 3.05) is 26.3 Å². The standard InChI is InChI=1S/C8H15NO2/c1-3-9-4-2-7(1)10-5-8-6-11-8/h7-9H,1-6H2. The van der Waals surface area contributed by atoms with Gasteiger partial charge in [-0.1, -0.05) is 0 Å². The van der Waals surface area contributed by atoms with Gasteiger partial charge in [-0.25, -0.2) is 0 Å². The molecule has 1 unspecified atom stereocenters. The lowest BCUT2D eigenvalue weighted by atomic mass is 10.1. The fourth-order valence-corrected chi connectivity index (χ4v) is 1.37. The van der Waals surface area contributed by atoms with Gasteiger partial charge in [-0.15, -0.1) is 0 Å². The summed E-state index contributed by atoms with van der Waals surface area (Å²) in [4.78, 5) is 0. The normalized spacial score (nSPS) is 32.2. The zero-order valence-corrected chi connectivity index (χ0v) is 6.71. The maximum absolute atomic E-state index is 5.64. The summed E-state index contributed by atoms with van der Waals surface area (Å²) in [5.41, 5.74) is 0. The van der Waals surface area contributed by atoms with Gasteiger partial charge in [0.15, 0.2) is 0 Å². The molecule has 0 aromatic carbocycles. The molecule has 0 radical (unpaired) electrons. The second kappa shape index (κ2) is 3.52. The highest BCUT2D eigenvalue weighted by atomic mass is 16.6. The van der Waals surface area contributed by atoms with Crippen LogP contribution in [0, 0.1) is 0 Å². The molecule has 2 saturated heterocycles. The van der Waals surface area contributed by atoms with E-state index in [1.165, 1.54) is 0 Å². The minimum Gasteiger partial charge on any atom is -0.375 e. The summed E-state index contributed by atoms with van der Waals surface area (Å²) in [6, 6.07) is 0. The van der Waals surface area contributed by atoms with Gasteiger partial charge in [-0.2, -0.15) is 0 Å². The Morgan fingerprint density at radius 3 is 2.73 bits per heavy atom. The van der Waals surface area contributed by atoms with Gasteiger partial charge in [-0.3, -0.25) is 0 Å². The van der Waals surface area contributed by atoms with Gasteiger partial charge < -0.3 is 14.8 Å². The molecule has 0 amide bonds. The number of epoxide rings is 1. The average Bonchev–Trinajstić information content (AvgIpc) is 2.86. The van der Waals surface area contributed by atoms with Gasteiger partial charge in [0.1, 0.15) is 6.10 Å². The van der Waals surface area contributed by atoms with Gasteiger partial charge in [0.05, 0.1) is 19.3 Å². The number of hydrogen-bond acceptors (Lipinski definition) is 3. The molecule has 2 aliphatic rings. The van der Waals surface area contributed by atoms with E-state index in [-0.39, 0.29) is 0 Å². The van der Waals surface area contributed by atoms with Crippen LogP contribution in [0.5, 0.6) is 0 Å². The number of hydrogen-bond donors (Lipinski definition) is 1. The van der Waals surface area contributed by atoms with Gasteiger partial charge in [0.25, 0.3) is 0 Å². The van der Waals surface area contributed by atoms with Crippen LogP contribution < -0.4 is 5.32 Å². The van der Waals surface area contributed by atoms with Crippen LogP contribution in [-0.2, 0) is 9.47 Å². The number of piperidine rings is 1. The first-order chi connectivity index (χ1) is 5.45. The molecule has 0 aromatic heterocycles. The molecule has 64 valence electrons. The Labute approximate surface area is 67.1 Å². The minimum absolute atomic E-state index is 0.421. The Hall–Kier alpha value is -0.120. The molecule has 3 heteroatoms. The molecule has 0 aromatic rings. The first kappa shape index (κ1) is 7.53. The van der Waals surface area contributed by atoms with E-state index in [4.69, 9.17) is 9.47 Å². The predicted octanol–water partition coefficient (Wildman–Crippen LogP) is 0.154. The molecule has 2 aliphatic heterocycles. The molecule has 2 heterocycles. The molecule has 1 N–H and O–H groups in total. The Morgan fingerprint density at radius 1 is 1.36 bits per heavy atom. The number of ether oxygens (including phenoxy) is 2. The molecule has 1 atom stereocenters. The second-order valence-corrected chi connectivity index (χ2v) is 3.24. The molecule has 0 spiro atoms. The third-order valence-corrected chi connectivity index (χ3v) is 2.21. The van der Waals surface area contributed by atoms with Crippen molar-refractivity contribution >= 4 is 0 Å². The summed E-state index contributed by atoms with van der Waals surface area (Å²) in [5, 5.41) is 3.31. The maximum Gasteiger partial charge on any atom is 0.104 e. The zero-order valence-electron chi connectivity index (χ0n) is 6.71. The first-order valence-corrected chi connectivity index (χ1v) is 4.39. The fraction of sp³-hybridized carbons (Fsp3) is 1.00. The average molecular weight is 157 g/mol. The van der Waals surface area contributed by atoms with Crippen molar-refractivity contribution in [2.45, 2.75) is 25.0 Å². The lowest BCUT2D eigenvalue weighted by Gasteiger charge is -2.22. The Morgan fingerprint density at radius 2 is 2.09 bits per heavy atom. The van der Waals surface area contributed by atoms with Crippen molar-refractivity contribution in [1.82, 2.24) is 5.32 Å². The molecule has 3 nitrogen and oxygen atoms in total. The largest absolute Gasteiger partial charge is 0.375 e. The number of rotatable bonds is 3. The van der Waals surface area contributed by atoms with E-state index in [0.29, 0.717) is 12.2 Å². The van der Waals surface area contributed by atoms with Crippen LogP contribution in [0.3, 0.4) is 0 Å². The summed E-state index contributed by atoms with van der Waals surface area (Å²) >= 11 is 0. The van der Waals surface area contributed by atoms with Crippen molar-refractivity contribution in [3.8, 4) is 0 Å². The highest BCUT2D eigenvalue weighted by Crippen LogP contribution is 2.13. The van der Waals surface area contributed by atoms with Crippen molar-refractivity contribution in [3.63, 3.8) is 0 Å². The van der Waals surface area contributed by atoms with Crippen LogP contribution >= 0.6 is 0 Å².